The molecule has 2 aromatic rings. The van der Waals surface area contributed by atoms with Crippen LogP contribution in [0.3, 0.4) is 0 Å². The Morgan fingerprint density at radius 1 is 1.10 bits per heavy atom. The number of morpholine rings is 1. The Morgan fingerprint density at radius 2 is 1.73 bits per heavy atom. The quantitative estimate of drug-likeness (QED) is 0.332. The molecule has 6 nitrogen and oxygen atoms in total. The number of halogens is 4. The Morgan fingerprint density at radius 3 is 2.33 bits per heavy atom. The minimum atomic E-state index is -4.72. The van der Waals surface area contributed by atoms with E-state index in [9.17, 15) is 13.2 Å². The first-order valence-corrected chi connectivity index (χ1v) is 9.20. The van der Waals surface area contributed by atoms with Crippen LogP contribution in [0.4, 0.5) is 18.9 Å². The van der Waals surface area contributed by atoms with E-state index < -0.39 is 6.36 Å². The van der Waals surface area contributed by atoms with Gasteiger partial charge in [-0.25, -0.2) is 0 Å². The highest BCUT2D eigenvalue weighted by Gasteiger charge is 2.31. The molecule has 164 valence electrons. The number of nitrogens with zero attached hydrogens (tertiary/aromatic N) is 2. The number of hydrogen-bond donors (Lipinski definition) is 2. The van der Waals surface area contributed by atoms with Gasteiger partial charge in [0.2, 0.25) is 0 Å². The third-order valence-electron chi connectivity index (χ3n) is 4.47. The zero-order valence-electron chi connectivity index (χ0n) is 16.1. The van der Waals surface area contributed by atoms with E-state index in [4.69, 9.17) is 10.5 Å². The number of rotatable bonds is 6. The summed E-state index contributed by atoms with van der Waals surface area (Å²) in [5.74, 6) is -0.112. The Balaban J connectivity index is 0.00000320. The average Bonchev–Trinajstić information content (AvgIpc) is 2.70. The van der Waals surface area contributed by atoms with Crippen molar-refractivity contribution < 1.29 is 22.6 Å². The lowest BCUT2D eigenvalue weighted by molar-refractivity contribution is -0.274. The molecule has 3 rings (SSSR count). The van der Waals surface area contributed by atoms with Crippen molar-refractivity contribution in [2.45, 2.75) is 12.4 Å². The molecule has 1 unspecified atom stereocenters. The fourth-order valence-electron chi connectivity index (χ4n) is 3.11. The van der Waals surface area contributed by atoms with Gasteiger partial charge in [-0.3, -0.25) is 9.89 Å². The van der Waals surface area contributed by atoms with Crippen molar-refractivity contribution in [3.63, 3.8) is 0 Å². The maximum atomic E-state index is 12.2. The van der Waals surface area contributed by atoms with Crippen LogP contribution in [0, 0.1) is 0 Å². The molecular weight excluding hydrogens is 512 g/mol. The summed E-state index contributed by atoms with van der Waals surface area (Å²) in [4.78, 5) is 6.75. The molecule has 0 spiro atoms. The predicted molar refractivity (Wildman–Crippen MR) is 120 cm³/mol. The standard InChI is InChI=1S/C20H23F3N4O2.HI/c21-20(22,23)29-17-8-6-16(7-9-17)26-19(24)25-14-18(15-4-2-1-3-5-15)27-10-12-28-13-11-27;/h1-9,18H,10-14H2,(H3,24,25,26);1H. The van der Waals surface area contributed by atoms with Gasteiger partial charge >= 0.3 is 6.36 Å². The molecular formula is C20H24F3IN4O2. The number of alkyl halides is 3. The summed E-state index contributed by atoms with van der Waals surface area (Å²) in [5, 5.41) is 2.89. The summed E-state index contributed by atoms with van der Waals surface area (Å²) >= 11 is 0. The van der Waals surface area contributed by atoms with Crippen LogP contribution in [0.25, 0.3) is 0 Å². The Kier molecular flexibility index (Phi) is 9.18. The molecule has 30 heavy (non-hydrogen) atoms. The van der Waals surface area contributed by atoms with Crippen molar-refractivity contribution in [1.29, 1.82) is 0 Å². The van der Waals surface area contributed by atoms with Crippen LogP contribution in [0.15, 0.2) is 59.6 Å². The lowest BCUT2D eigenvalue weighted by Crippen LogP contribution is -2.40. The van der Waals surface area contributed by atoms with Crippen LogP contribution >= 0.6 is 24.0 Å². The zero-order chi connectivity index (χ0) is 20.7. The topological polar surface area (TPSA) is 72.1 Å². The first-order valence-electron chi connectivity index (χ1n) is 9.20. The lowest BCUT2D eigenvalue weighted by Gasteiger charge is -2.34. The van der Waals surface area contributed by atoms with E-state index in [1.807, 2.05) is 18.2 Å². The Bertz CT molecular complexity index is 798. The fourth-order valence-corrected chi connectivity index (χ4v) is 3.11. The average molecular weight is 536 g/mol. The number of hydrogen-bond acceptors (Lipinski definition) is 4. The van der Waals surface area contributed by atoms with Gasteiger partial charge < -0.3 is 20.5 Å². The van der Waals surface area contributed by atoms with Crippen LogP contribution < -0.4 is 15.8 Å². The molecule has 0 aliphatic carbocycles. The summed E-state index contributed by atoms with van der Waals surface area (Å²) in [5.41, 5.74) is 7.64. The Labute approximate surface area is 190 Å². The number of benzene rings is 2. The van der Waals surface area contributed by atoms with Crippen molar-refractivity contribution in [1.82, 2.24) is 4.90 Å². The third kappa shape index (κ3) is 7.65. The SMILES string of the molecule is I.NC(=NCC(c1ccccc1)N1CCOCC1)Nc1ccc(OC(F)(F)F)cc1. The van der Waals surface area contributed by atoms with Gasteiger partial charge in [0.25, 0.3) is 0 Å². The highest BCUT2D eigenvalue weighted by atomic mass is 127. The molecule has 3 N–H and O–H groups in total. The molecule has 0 radical (unpaired) electrons. The summed E-state index contributed by atoms with van der Waals surface area (Å²) in [6.45, 7) is 3.41. The minimum absolute atomic E-state index is 0. The van der Waals surface area contributed by atoms with Crippen molar-refractivity contribution in [3.8, 4) is 5.75 Å². The first kappa shape index (κ1) is 24.2. The summed E-state index contributed by atoms with van der Waals surface area (Å²) in [6, 6.07) is 15.4. The summed E-state index contributed by atoms with van der Waals surface area (Å²) in [7, 11) is 0. The molecule has 0 saturated carbocycles. The molecule has 1 saturated heterocycles. The lowest BCUT2D eigenvalue weighted by atomic mass is 10.1. The van der Waals surface area contributed by atoms with Gasteiger partial charge in [-0.1, -0.05) is 30.3 Å². The minimum Gasteiger partial charge on any atom is -0.406 e. The van der Waals surface area contributed by atoms with Gasteiger partial charge in [0.1, 0.15) is 5.75 Å². The van der Waals surface area contributed by atoms with E-state index in [1.54, 1.807) is 0 Å². The van der Waals surface area contributed by atoms with Gasteiger partial charge in [-0.15, -0.1) is 37.1 Å². The van der Waals surface area contributed by atoms with Crippen molar-refractivity contribution >= 4 is 35.6 Å². The monoisotopic (exact) mass is 536 g/mol. The maximum absolute atomic E-state index is 12.2. The Hall–Kier alpha value is -2.05. The highest BCUT2D eigenvalue weighted by molar-refractivity contribution is 14.0. The van der Waals surface area contributed by atoms with E-state index in [0.717, 1.165) is 18.7 Å². The fraction of sp³-hybridized carbons (Fsp3) is 0.350. The second kappa shape index (κ2) is 11.4. The van der Waals surface area contributed by atoms with E-state index in [0.29, 0.717) is 25.4 Å². The van der Waals surface area contributed by atoms with Crippen LogP contribution in [0.1, 0.15) is 11.6 Å². The van der Waals surface area contributed by atoms with Gasteiger partial charge in [-0.2, -0.15) is 0 Å². The second-order valence-corrected chi connectivity index (χ2v) is 6.50. The van der Waals surface area contributed by atoms with Crippen LogP contribution in [-0.4, -0.2) is 50.1 Å². The van der Waals surface area contributed by atoms with Gasteiger partial charge in [0, 0.05) is 18.8 Å². The highest BCUT2D eigenvalue weighted by Crippen LogP contribution is 2.24. The summed E-state index contributed by atoms with van der Waals surface area (Å²) < 4.78 is 46.0. The molecule has 1 aliphatic rings. The normalized spacial score (nSPS) is 16.4. The molecule has 0 aromatic heterocycles. The van der Waals surface area contributed by atoms with Crippen LogP contribution in [0.5, 0.6) is 5.75 Å². The van der Waals surface area contributed by atoms with Gasteiger partial charge in [-0.05, 0) is 29.8 Å². The first-order chi connectivity index (χ1) is 13.9. The molecule has 1 heterocycles. The number of guanidine groups is 1. The largest absolute Gasteiger partial charge is 0.573 e. The van der Waals surface area contributed by atoms with Gasteiger partial charge in [0.15, 0.2) is 5.96 Å². The molecule has 1 fully saturated rings. The predicted octanol–water partition coefficient (Wildman–Crippen LogP) is 4.00. The molecule has 10 heteroatoms. The number of anilines is 1. The molecule has 1 aliphatic heterocycles. The van der Waals surface area contributed by atoms with Crippen LogP contribution in [0.2, 0.25) is 0 Å². The van der Waals surface area contributed by atoms with Crippen molar-refractivity contribution in [2.75, 3.05) is 38.2 Å². The zero-order valence-corrected chi connectivity index (χ0v) is 18.5. The number of ether oxygens (including phenoxy) is 2. The third-order valence-corrected chi connectivity index (χ3v) is 4.47. The van der Waals surface area contributed by atoms with Crippen molar-refractivity contribution in [2.24, 2.45) is 10.7 Å². The number of aliphatic imine (C=N–C) groups is 1. The van der Waals surface area contributed by atoms with E-state index in [2.05, 4.69) is 32.1 Å². The molecule has 0 amide bonds. The number of nitrogens with one attached hydrogen (secondary N) is 1. The van der Waals surface area contributed by atoms with Gasteiger partial charge in [0.05, 0.1) is 25.8 Å². The number of nitrogens with two attached hydrogens (primary N) is 1. The van der Waals surface area contributed by atoms with E-state index in [1.165, 1.54) is 24.3 Å². The summed E-state index contributed by atoms with van der Waals surface area (Å²) in [6.07, 6.45) is -4.72. The molecule has 2 aromatic carbocycles. The van der Waals surface area contributed by atoms with E-state index >= 15 is 0 Å². The van der Waals surface area contributed by atoms with Crippen molar-refractivity contribution in [3.05, 3.63) is 60.2 Å². The van der Waals surface area contributed by atoms with E-state index in [-0.39, 0.29) is 41.7 Å². The maximum Gasteiger partial charge on any atom is 0.573 e. The van der Waals surface area contributed by atoms with Crippen LogP contribution in [-0.2, 0) is 4.74 Å². The molecule has 0 bridgehead atoms. The molecule has 1 atom stereocenters. The second-order valence-electron chi connectivity index (χ2n) is 6.50. The smallest absolute Gasteiger partial charge is 0.406 e.